The molecule has 0 aliphatic rings. The number of fused-ring (bicyclic) bond motifs is 1. The molecule has 6 nitrogen and oxygen atoms in total. The number of ether oxygens (including phenoxy) is 1. The predicted molar refractivity (Wildman–Crippen MR) is 88.2 cm³/mol. The second-order valence-electron chi connectivity index (χ2n) is 4.65. The molecule has 2 heterocycles. The number of nitrogens with one attached hydrogen (secondary N) is 1. The number of carbonyl (C=O) groups excluding carboxylic acids is 1. The second-order valence-corrected chi connectivity index (χ2v) is 4.65. The number of hydrogen-bond donors (Lipinski definition) is 1. The SMILES string of the molecule is CCOC=Nc1c(C(=O)Nc2ccccc2)oc2ncccc12. The van der Waals surface area contributed by atoms with Crippen LogP contribution in [0.1, 0.15) is 17.5 Å². The third-order valence-electron chi connectivity index (χ3n) is 3.10. The fourth-order valence-electron chi connectivity index (χ4n) is 2.08. The molecule has 0 unspecified atom stereocenters. The number of carbonyl (C=O) groups is 1. The van der Waals surface area contributed by atoms with Gasteiger partial charge >= 0.3 is 0 Å². The smallest absolute Gasteiger partial charge is 0.293 e. The maximum Gasteiger partial charge on any atom is 0.293 e. The first kappa shape index (κ1) is 14.8. The highest BCUT2D eigenvalue weighted by Gasteiger charge is 2.21. The van der Waals surface area contributed by atoms with Crippen LogP contribution >= 0.6 is 0 Å². The van der Waals surface area contributed by atoms with Crippen molar-refractivity contribution in [1.29, 1.82) is 0 Å². The average molecular weight is 309 g/mol. The van der Waals surface area contributed by atoms with Gasteiger partial charge in [0.1, 0.15) is 5.69 Å². The fourth-order valence-corrected chi connectivity index (χ4v) is 2.08. The topological polar surface area (TPSA) is 76.7 Å². The van der Waals surface area contributed by atoms with Crippen LogP contribution in [0.5, 0.6) is 0 Å². The number of rotatable bonds is 5. The largest absolute Gasteiger partial charge is 0.483 e. The Morgan fingerprint density at radius 2 is 2.13 bits per heavy atom. The number of anilines is 1. The summed E-state index contributed by atoms with van der Waals surface area (Å²) < 4.78 is 10.7. The number of benzene rings is 1. The summed E-state index contributed by atoms with van der Waals surface area (Å²) in [5.41, 5.74) is 1.43. The number of para-hydroxylation sites is 1. The molecule has 0 aliphatic carbocycles. The molecule has 1 amide bonds. The van der Waals surface area contributed by atoms with Crippen LogP contribution in [0.4, 0.5) is 11.4 Å². The molecule has 0 bridgehead atoms. The molecule has 0 aliphatic heterocycles. The van der Waals surface area contributed by atoms with E-state index in [0.717, 1.165) is 0 Å². The molecule has 1 aromatic carbocycles. The molecule has 1 N–H and O–H groups in total. The van der Waals surface area contributed by atoms with E-state index >= 15 is 0 Å². The Kier molecular flexibility index (Phi) is 4.33. The van der Waals surface area contributed by atoms with E-state index in [2.05, 4.69) is 15.3 Å². The van der Waals surface area contributed by atoms with Gasteiger partial charge in [-0.2, -0.15) is 0 Å². The fraction of sp³-hybridized carbons (Fsp3) is 0.118. The summed E-state index contributed by atoms with van der Waals surface area (Å²) in [6, 6.07) is 12.7. The predicted octanol–water partition coefficient (Wildman–Crippen LogP) is 3.78. The summed E-state index contributed by atoms with van der Waals surface area (Å²) in [5.74, 6) is -0.295. The van der Waals surface area contributed by atoms with Gasteiger partial charge in [-0.3, -0.25) is 4.79 Å². The molecule has 23 heavy (non-hydrogen) atoms. The van der Waals surface area contributed by atoms with Gasteiger partial charge in [0.25, 0.3) is 5.91 Å². The van der Waals surface area contributed by atoms with E-state index in [1.807, 2.05) is 25.1 Å². The van der Waals surface area contributed by atoms with Crippen molar-refractivity contribution in [2.45, 2.75) is 6.92 Å². The van der Waals surface area contributed by atoms with E-state index in [1.165, 1.54) is 6.40 Å². The Bertz CT molecular complexity index is 841. The van der Waals surface area contributed by atoms with Crippen LogP contribution in [0.15, 0.2) is 58.1 Å². The minimum atomic E-state index is -0.391. The van der Waals surface area contributed by atoms with Gasteiger partial charge in [0, 0.05) is 11.9 Å². The van der Waals surface area contributed by atoms with E-state index in [4.69, 9.17) is 9.15 Å². The molecule has 0 atom stereocenters. The zero-order valence-corrected chi connectivity index (χ0v) is 12.5. The highest BCUT2D eigenvalue weighted by molar-refractivity contribution is 6.10. The molecule has 3 aromatic rings. The maximum absolute atomic E-state index is 12.5. The van der Waals surface area contributed by atoms with E-state index in [1.54, 1.807) is 30.5 Å². The molecule has 6 heteroatoms. The van der Waals surface area contributed by atoms with Crippen LogP contribution in [0.2, 0.25) is 0 Å². The first-order chi connectivity index (χ1) is 11.3. The van der Waals surface area contributed by atoms with Crippen molar-refractivity contribution in [3.05, 3.63) is 54.4 Å². The Morgan fingerprint density at radius 3 is 2.91 bits per heavy atom. The number of amides is 1. The van der Waals surface area contributed by atoms with Gasteiger partial charge in [0.05, 0.1) is 12.0 Å². The quantitative estimate of drug-likeness (QED) is 0.575. The Hall–Kier alpha value is -3.15. The third-order valence-corrected chi connectivity index (χ3v) is 3.10. The van der Waals surface area contributed by atoms with Gasteiger partial charge in [-0.15, -0.1) is 0 Å². The molecular weight excluding hydrogens is 294 g/mol. The number of pyridine rings is 1. The van der Waals surface area contributed by atoms with Gasteiger partial charge in [-0.25, -0.2) is 9.98 Å². The minimum absolute atomic E-state index is 0.0958. The Morgan fingerprint density at radius 1 is 1.30 bits per heavy atom. The Labute approximate surface area is 132 Å². The number of nitrogens with zero attached hydrogens (tertiary/aromatic N) is 2. The number of hydrogen-bond acceptors (Lipinski definition) is 5. The van der Waals surface area contributed by atoms with Crippen molar-refractivity contribution in [1.82, 2.24) is 4.98 Å². The minimum Gasteiger partial charge on any atom is -0.483 e. The summed E-state index contributed by atoms with van der Waals surface area (Å²) in [6.07, 6.45) is 2.90. The molecule has 0 spiro atoms. The summed E-state index contributed by atoms with van der Waals surface area (Å²) in [7, 11) is 0. The zero-order chi connectivity index (χ0) is 16.1. The van der Waals surface area contributed by atoms with Crippen LogP contribution < -0.4 is 5.32 Å². The van der Waals surface area contributed by atoms with Crippen molar-refractivity contribution in [3.8, 4) is 0 Å². The summed E-state index contributed by atoms with van der Waals surface area (Å²) >= 11 is 0. The van der Waals surface area contributed by atoms with Gasteiger partial charge < -0.3 is 14.5 Å². The Balaban J connectivity index is 1.98. The molecule has 0 saturated heterocycles. The van der Waals surface area contributed by atoms with E-state index in [9.17, 15) is 4.79 Å². The summed E-state index contributed by atoms with van der Waals surface area (Å²) in [6.45, 7) is 2.34. The van der Waals surface area contributed by atoms with Gasteiger partial charge in [0.2, 0.25) is 11.5 Å². The number of furan rings is 1. The molecule has 2 aromatic heterocycles. The number of aliphatic imine (C=N–C) groups is 1. The van der Waals surface area contributed by atoms with Gasteiger partial charge in [0.15, 0.2) is 6.40 Å². The molecule has 0 saturated carbocycles. The van der Waals surface area contributed by atoms with Crippen LogP contribution in [0, 0.1) is 0 Å². The first-order valence-corrected chi connectivity index (χ1v) is 7.17. The van der Waals surface area contributed by atoms with Crippen LogP contribution in [-0.4, -0.2) is 23.9 Å². The lowest BCUT2D eigenvalue weighted by atomic mass is 10.2. The second kappa shape index (κ2) is 6.74. The molecule has 0 fully saturated rings. The van der Waals surface area contributed by atoms with E-state index in [0.29, 0.717) is 29.1 Å². The van der Waals surface area contributed by atoms with Crippen LogP contribution in [-0.2, 0) is 4.74 Å². The average Bonchev–Trinajstić information content (AvgIpc) is 2.95. The molecule has 0 radical (unpaired) electrons. The molecule has 116 valence electrons. The third kappa shape index (κ3) is 3.21. The first-order valence-electron chi connectivity index (χ1n) is 7.17. The lowest BCUT2D eigenvalue weighted by Gasteiger charge is -2.03. The van der Waals surface area contributed by atoms with Gasteiger partial charge in [-0.1, -0.05) is 18.2 Å². The normalized spacial score (nSPS) is 11.0. The molecular formula is C17H15N3O3. The lowest BCUT2D eigenvalue weighted by molar-refractivity contribution is 0.0999. The highest BCUT2D eigenvalue weighted by atomic mass is 16.5. The van der Waals surface area contributed by atoms with Crippen molar-refractivity contribution in [3.63, 3.8) is 0 Å². The van der Waals surface area contributed by atoms with Crippen molar-refractivity contribution >= 4 is 34.8 Å². The lowest BCUT2D eigenvalue weighted by Crippen LogP contribution is -2.11. The summed E-state index contributed by atoms with van der Waals surface area (Å²) in [5, 5.41) is 3.43. The van der Waals surface area contributed by atoms with Crippen LogP contribution in [0.3, 0.4) is 0 Å². The van der Waals surface area contributed by atoms with Crippen molar-refractivity contribution in [2.75, 3.05) is 11.9 Å². The van der Waals surface area contributed by atoms with Crippen LogP contribution in [0.25, 0.3) is 11.1 Å². The van der Waals surface area contributed by atoms with Crippen molar-refractivity contribution < 1.29 is 13.9 Å². The van der Waals surface area contributed by atoms with Gasteiger partial charge in [-0.05, 0) is 31.2 Å². The van der Waals surface area contributed by atoms with E-state index in [-0.39, 0.29) is 5.76 Å². The monoisotopic (exact) mass is 309 g/mol. The maximum atomic E-state index is 12.5. The van der Waals surface area contributed by atoms with E-state index < -0.39 is 5.91 Å². The zero-order valence-electron chi connectivity index (χ0n) is 12.5. The van der Waals surface area contributed by atoms with Crippen molar-refractivity contribution in [2.24, 2.45) is 4.99 Å². The number of aromatic nitrogens is 1. The molecule has 3 rings (SSSR count). The highest BCUT2D eigenvalue weighted by Crippen LogP contribution is 2.32. The summed E-state index contributed by atoms with van der Waals surface area (Å²) in [4.78, 5) is 20.8. The standard InChI is InChI=1S/C17H15N3O3/c1-2-22-11-19-14-13-9-6-10-18-17(13)23-15(14)16(21)20-12-7-4-3-5-8-12/h3-11H,2H2,1H3,(H,20,21).